The fourth-order valence-corrected chi connectivity index (χ4v) is 2.34. The third-order valence-electron chi connectivity index (χ3n) is 3.16. The third kappa shape index (κ3) is 4.70. The first-order chi connectivity index (χ1) is 8.74. The number of nitrogens with one attached hydrogen (secondary N) is 1. The van der Waals surface area contributed by atoms with Crippen LogP contribution in [0.15, 0.2) is 0 Å². The fraction of sp³-hybridized carbons (Fsp3) is 0.846. The number of carboxylic acids is 1. The van der Waals surface area contributed by atoms with Crippen molar-refractivity contribution in [3.05, 3.63) is 0 Å². The average molecular weight is 272 g/mol. The second-order valence-corrected chi connectivity index (χ2v) is 5.93. The first kappa shape index (κ1) is 15.8. The number of carboxylic acid groups (broad SMARTS) is 1. The molecule has 1 rings (SSSR count). The van der Waals surface area contributed by atoms with Crippen LogP contribution in [0.3, 0.4) is 0 Å². The molecule has 0 saturated carbocycles. The molecule has 0 radical (unpaired) electrons. The number of amides is 1. The minimum absolute atomic E-state index is 0.0798. The average Bonchev–Trinajstić information content (AvgIpc) is 2.27. The zero-order valence-electron chi connectivity index (χ0n) is 12.1. The van der Waals surface area contributed by atoms with Crippen molar-refractivity contribution in [2.75, 3.05) is 20.1 Å². The third-order valence-corrected chi connectivity index (χ3v) is 3.16. The van der Waals surface area contributed by atoms with Crippen molar-refractivity contribution in [3.8, 4) is 0 Å². The molecule has 0 bridgehead atoms. The molecule has 2 N–H and O–H groups in total. The van der Waals surface area contributed by atoms with Gasteiger partial charge in [-0.1, -0.05) is 0 Å². The van der Waals surface area contributed by atoms with E-state index in [-0.39, 0.29) is 12.0 Å². The summed E-state index contributed by atoms with van der Waals surface area (Å²) in [6, 6.07) is -0.620. The molecule has 2 unspecified atom stereocenters. The first-order valence-corrected chi connectivity index (χ1v) is 6.62. The van der Waals surface area contributed by atoms with Crippen LogP contribution in [0.5, 0.6) is 0 Å². The quantitative estimate of drug-likeness (QED) is 0.809. The molecule has 0 aromatic carbocycles. The Morgan fingerprint density at radius 1 is 1.42 bits per heavy atom. The Hall–Kier alpha value is -1.30. The number of aliphatic carboxylic acids is 1. The molecule has 1 saturated heterocycles. The number of likely N-dealkylation sites (N-methyl/N-ethyl adjacent to an activating group) is 1. The second kappa shape index (κ2) is 6.23. The minimum Gasteiger partial charge on any atom is -0.480 e. The van der Waals surface area contributed by atoms with Gasteiger partial charge in [-0.25, -0.2) is 4.79 Å². The monoisotopic (exact) mass is 272 g/mol. The van der Waals surface area contributed by atoms with Gasteiger partial charge in [0.05, 0.1) is 0 Å². The predicted molar refractivity (Wildman–Crippen MR) is 71.0 cm³/mol. The van der Waals surface area contributed by atoms with Gasteiger partial charge in [-0.05, 0) is 40.7 Å². The molecule has 1 amide bonds. The number of piperidine rings is 1. The Bertz CT molecular complexity index is 338. The Morgan fingerprint density at radius 3 is 2.53 bits per heavy atom. The normalized spacial score (nSPS) is 21.9. The lowest BCUT2D eigenvalue weighted by Crippen LogP contribution is -2.50. The molecule has 6 nitrogen and oxygen atoms in total. The van der Waals surface area contributed by atoms with E-state index in [2.05, 4.69) is 5.32 Å². The zero-order valence-corrected chi connectivity index (χ0v) is 12.1. The summed E-state index contributed by atoms with van der Waals surface area (Å²) in [5.41, 5.74) is -0.529. The van der Waals surface area contributed by atoms with Crippen molar-refractivity contribution in [2.45, 2.75) is 45.3 Å². The summed E-state index contributed by atoms with van der Waals surface area (Å²) in [6.07, 6.45) is 1.24. The van der Waals surface area contributed by atoms with E-state index in [9.17, 15) is 9.59 Å². The van der Waals surface area contributed by atoms with E-state index in [1.165, 1.54) is 0 Å². The Morgan fingerprint density at radius 2 is 2.05 bits per heavy atom. The van der Waals surface area contributed by atoms with Gasteiger partial charge in [-0.2, -0.15) is 0 Å². The molecule has 2 atom stereocenters. The number of carbonyl (C=O) groups is 2. The smallest absolute Gasteiger partial charge is 0.410 e. The van der Waals surface area contributed by atoms with Gasteiger partial charge < -0.3 is 20.1 Å². The number of hydrogen-bond acceptors (Lipinski definition) is 4. The van der Waals surface area contributed by atoms with Crippen LogP contribution in [0.1, 0.15) is 33.6 Å². The van der Waals surface area contributed by atoms with E-state index in [0.29, 0.717) is 13.1 Å². The zero-order chi connectivity index (χ0) is 14.6. The van der Waals surface area contributed by atoms with Crippen molar-refractivity contribution in [2.24, 2.45) is 5.92 Å². The number of carbonyl (C=O) groups excluding carboxylic acids is 1. The predicted octanol–water partition coefficient (Wildman–Crippen LogP) is 1.31. The first-order valence-electron chi connectivity index (χ1n) is 6.62. The lowest BCUT2D eigenvalue weighted by molar-refractivity contribution is -0.141. The molecule has 110 valence electrons. The molecule has 1 aliphatic rings. The highest BCUT2D eigenvalue weighted by molar-refractivity contribution is 5.74. The molecule has 6 heteroatoms. The van der Waals surface area contributed by atoms with E-state index >= 15 is 0 Å². The van der Waals surface area contributed by atoms with E-state index in [1.54, 1.807) is 11.9 Å². The molecule has 19 heavy (non-hydrogen) atoms. The summed E-state index contributed by atoms with van der Waals surface area (Å²) < 4.78 is 5.32. The second-order valence-electron chi connectivity index (χ2n) is 5.93. The highest BCUT2D eigenvalue weighted by Crippen LogP contribution is 2.22. The maximum atomic E-state index is 12.0. The maximum absolute atomic E-state index is 12.0. The van der Waals surface area contributed by atoms with Crippen molar-refractivity contribution >= 4 is 12.1 Å². The number of rotatable bonds is 3. The van der Waals surface area contributed by atoms with Crippen LogP contribution in [0.2, 0.25) is 0 Å². The van der Waals surface area contributed by atoms with Crippen LogP contribution >= 0.6 is 0 Å². The molecule has 0 aromatic heterocycles. The van der Waals surface area contributed by atoms with Crippen LogP contribution in [-0.2, 0) is 9.53 Å². The number of likely N-dealkylation sites (tertiary alicyclic amines) is 1. The van der Waals surface area contributed by atoms with Gasteiger partial charge in [0.15, 0.2) is 0 Å². The Labute approximate surface area is 114 Å². The Kier molecular flexibility index (Phi) is 5.17. The van der Waals surface area contributed by atoms with E-state index in [4.69, 9.17) is 9.84 Å². The van der Waals surface area contributed by atoms with Crippen molar-refractivity contribution in [3.63, 3.8) is 0 Å². The lowest BCUT2D eigenvalue weighted by atomic mass is 9.91. The molecule has 1 fully saturated rings. The summed E-state index contributed by atoms with van der Waals surface area (Å²) in [7, 11) is 1.63. The van der Waals surface area contributed by atoms with Gasteiger partial charge in [0.25, 0.3) is 0 Å². The molecule has 1 aliphatic heterocycles. The van der Waals surface area contributed by atoms with Crippen LogP contribution in [-0.4, -0.2) is 53.8 Å². The van der Waals surface area contributed by atoms with E-state index < -0.39 is 17.6 Å². The van der Waals surface area contributed by atoms with Crippen LogP contribution in [0.4, 0.5) is 4.79 Å². The van der Waals surface area contributed by atoms with Crippen molar-refractivity contribution in [1.29, 1.82) is 0 Å². The molecule has 1 heterocycles. The fourth-order valence-electron chi connectivity index (χ4n) is 2.34. The summed E-state index contributed by atoms with van der Waals surface area (Å²) >= 11 is 0. The SMILES string of the molecule is CNC(C(=O)O)C1CCCN(C(=O)OC(C)(C)C)C1. The standard InChI is InChI=1S/C13H24N2O4/c1-13(2,3)19-12(18)15-7-5-6-9(8-15)10(14-4)11(16)17/h9-10,14H,5-8H2,1-4H3,(H,16,17). The lowest BCUT2D eigenvalue weighted by Gasteiger charge is -2.36. The van der Waals surface area contributed by atoms with Gasteiger partial charge in [0, 0.05) is 19.0 Å². The number of hydrogen-bond donors (Lipinski definition) is 2. The molecule has 0 aliphatic carbocycles. The van der Waals surface area contributed by atoms with Gasteiger partial charge in [0.2, 0.25) is 0 Å². The van der Waals surface area contributed by atoms with E-state index in [1.807, 2.05) is 20.8 Å². The van der Waals surface area contributed by atoms with Crippen LogP contribution in [0.25, 0.3) is 0 Å². The topological polar surface area (TPSA) is 78.9 Å². The maximum Gasteiger partial charge on any atom is 0.410 e. The highest BCUT2D eigenvalue weighted by Gasteiger charge is 2.34. The largest absolute Gasteiger partial charge is 0.480 e. The van der Waals surface area contributed by atoms with Gasteiger partial charge in [0.1, 0.15) is 11.6 Å². The van der Waals surface area contributed by atoms with Gasteiger partial charge >= 0.3 is 12.1 Å². The summed E-state index contributed by atoms with van der Waals surface area (Å²) in [6.45, 7) is 6.51. The Balaban J connectivity index is 2.64. The van der Waals surface area contributed by atoms with Gasteiger partial charge in [-0.3, -0.25) is 4.79 Å². The van der Waals surface area contributed by atoms with Crippen LogP contribution < -0.4 is 5.32 Å². The minimum atomic E-state index is -0.876. The number of ether oxygens (including phenoxy) is 1. The molecule has 0 aromatic rings. The molecular formula is C13H24N2O4. The summed E-state index contributed by atoms with van der Waals surface area (Å²) in [5, 5.41) is 11.9. The van der Waals surface area contributed by atoms with Crippen LogP contribution in [0, 0.1) is 5.92 Å². The highest BCUT2D eigenvalue weighted by atomic mass is 16.6. The number of nitrogens with zero attached hydrogens (tertiary/aromatic N) is 1. The summed E-state index contributed by atoms with van der Waals surface area (Å²) in [5.74, 6) is -0.956. The summed E-state index contributed by atoms with van der Waals surface area (Å²) in [4.78, 5) is 24.7. The van der Waals surface area contributed by atoms with Gasteiger partial charge in [-0.15, -0.1) is 0 Å². The van der Waals surface area contributed by atoms with Crippen molar-refractivity contribution in [1.82, 2.24) is 10.2 Å². The van der Waals surface area contributed by atoms with Crippen molar-refractivity contribution < 1.29 is 19.4 Å². The molecular weight excluding hydrogens is 248 g/mol. The molecule has 0 spiro atoms. The van der Waals surface area contributed by atoms with E-state index in [0.717, 1.165) is 12.8 Å².